The molecule has 0 fully saturated rings. The molecule has 1 aromatic heterocycles. The molecule has 1 atom stereocenters. The third-order valence-corrected chi connectivity index (χ3v) is 5.32. The number of hydrogen-bond donors (Lipinski definition) is 0. The molecule has 1 unspecified atom stereocenters. The number of ether oxygens (including phenoxy) is 1. The van der Waals surface area contributed by atoms with Crippen LogP contribution in [0.25, 0.3) is 0 Å². The molecule has 0 saturated carbocycles. The molecular formula is C24H34N2O3. The van der Waals surface area contributed by atoms with Gasteiger partial charge in [0.05, 0.1) is 19.6 Å². The Labute approximate surface area is 174 Å². The Hall–Kier alpha value is -2.56. The molecule has 0 spiro atoms. The van der Waals surface area contributed by atoms with Crippen molar-refractivity contribution in [1.29, 1.82) is 0 Å². The highest BCUT2D eigenvalue weighted by Gasteiger charge is 2.24. The Kier molecular flexibility index (Phi) is 8.50. The Morgan fingerprint density at radius 2 is 1.86 bits per heavy atom. The molecule has 1 heterocycles. The second-order valence-electron chi connectivity index (χ2n) is 7.93. The summed E-state index contributed by atoms with van der Waals surface area (Å²) in [5.41, 5.74) is 3.56. The van der Waals surface area contributed by atoms with Gasteiger partial charge in [-0.2, -0.15) is 0 Å². The van der Waals surface area contributed by atoms with E-state index in [2.05, 4.69) is 68.8 Å². The predicted octanol–water partition coefficient (Wildman–Crippen LogP) is 4.56. The van der Waals surface area contributed by atoms with Gasteiger partial charge in [0.1, 0.15) is 0 Å². The van der Waals surface area contributed by atoms with Crippen LogP contribution < -0.4 is 0 Å². The standard InChI is InChI=1S/C24H34N2O3/c1-6-29-24(28)13-12-23(27)26(20(5)18(2)3)17-22-11-8-14-25(22)16-21-10-7-9-19(4)15-21/h7-11,14-15,18,20H,6,12-13,16-17H2,1-5H3. The number of hydrogen-bond acceptors (Lipinski definition) is 3. The fraction of sp³-hybridized carbons (Fsp3) is 0.500. The second-order valence-corrected chi connectivity index (χ2v) is 7.93. The summed E-state index contributed by atoms with van der Waals surface area (Å²) in [6.07, 6.45) is 2.35. The van der Waals surface area contributed by atoms with E-state index in [1.807, 2.05) is 11.0 Å². The molecule has 0 aliphatic heterocycles. The molecule has 0 aliphatic carbocycles. The zero-order chi connectivity index (χ0) is 21.4. The van der Waals surface area contributed by atoms with Gasteiger partial charge in [-0.3, -0.25) is 9.59 Å². The van der Waals surface area contributed by atoms with Gasteiger partial charge in [-0.15, -0.1) is 0 Å². The van der Waals surface area contributed by atoms with Crippen molar-refractivity contribution in [2.75, 3.05) is 6.61 Å². The fourth-order valence-corrected chi connectivity index (χ4v) is 3.33. The lowest BCUT2D eigenvalue weighted by Gasteiger charge is -2.32. The largest absolute Gasteiger partial charge is 0.466 e. The van der Waals surface area contributed by atoms with Crippen LogP contribution in [0.4, 0.5) is 0 Å². The van der Waals surface area contributed by atoms with Gasteiger partial charge in [0.15, 0.2) is 0 Å². The third kappa shape index (κ3) is 6.77. The topological polar surface area (TPSA) is 51.5 Å². The maximum Gasteiger partial charge on any atom is 0.306 e. The smallest absolute Gasteiger partial charge is 0.306 e. The molecule has 2 aromatic rings. The average Bonchev–Trinajstić information content (AvgIpc) is 3.10. The lowest BCUT2D eigenvalue weighted by molar-refractivity contribution is -0.146. The number of nitrogens with zero attached hydrogens (tertiary/aromatic N) is 2. The van der Waals surface area contributed by atoms with Gasteiger partial charge in [-0.1, -0.05) is 43.7 Å². The Bertz CT molecular complexity index is 810. The van der Waals surface area contributed by atoms with E-state index in [-0.39, 0.29) is 30.8 Å². The van der Waals surface area contributed by atoms with Gasteiger partial charge >= 0.3 is 5.97 Å². The Morgan fingerprint density at radius 1 is 1.10 bits per heavy atom. The van der Waals surface area contributed by atoms with Crippen LogP contribution in [0.5, 0.6) is 0 Å². The van der Waals surface area contributed by atoms with E-state index in [1.54, 1.807) is 6.92 Å². The molecule has 0 bridgehead atoms. The number of carbonyl (C=O) groups is 2. The zero-order valence-corrected chi connectivity index (χ0v) is 18.4. The Balaban J connectivity index is 2.14. The normalized spacial score (nSPS) is 12.1. The molecule has 0 aliphatic rings. The van der Waals surface area contributed by atoms with Crippen molar-refractivity contribution >= 4 is 11.9 Å². The lowest BCUT2D eigenvalue weighted by Crippen LogP contribution is -2.41. The van der Waals surface area contributed by atoms with Crippen LogP contribution in [-0.2, 0) is 27.4 Å². The summed E-state index contributed by atoms with van der Waals surface area (Å²) in [6.45, 7) is 11.8. The minimum Gasteiger partial charge on any atom is -0.466 e. The van der Waals surface area contributed by atoms with E-state index in [4.69, 9.17) is 4.74 Å². The van der Waals surface area contributed by atoms with Crippen LogP contribution in [0.2, 0.25) is 0 Å². The molecule has 0 N–H and O–H groups in total. The van der Waals surface area contributed by atoms with E-state index >= 15 is 0 Å². The SMILES string of the molecule is CCOC(=O)CCC(=O)N(Cc1cccn1Cc1cccc(C)c1)C(C)C(C)C. The molecule has 158 valence electrons. The van der Waals surface area contributed by atoms with Crippen LogP contribution in [-0.4, -0.2) is 34.0 Å². The molecule has 29 heavy (non-hydrogen) atoms. The van der Waals surface area contributed by atoms with Crippen molar-refractivity contribution in [1.82, 2.24) is 9.47 Å². The summed E-state index contributed by atoms with van der Waals surface area (Å²) in [5, 5.41) is 0. The molecule has 0 saturated heterocycles. The number of amides is 1. The van der Waals surface area contributed by atoms with Crippen molar-refractivity contribution in [2.24, 2.45) is 5.92 Å². The summed E-state index contributed by atoms with van der Waals surface area (Å²) in [7, 11) is 0. The summed E-state index contributed by atoms with van der Waals surface area (Å²) < 4.78 is 7.16. The molecule has 5 nitrogen and oxygen atoms in total. The van der Waals surface area contributed by atoms with E-state index in [9.17, 15) is 9.59 Å². The predicted molar refractivity (Wildman–Crippen MR) is 115 cm³/mol. The van der Waals surface area contributed by atoms with Gasteiger partial charge in [-0.25, -0.2) is 0 Å². The summed E-state index contributed by atoms with van der Waals surface area (Å²) in [5.74, 6) is -0.00916. The molecule has 0 radical (unpaired) electrons. The molecule has 1 amide bonds. The summed E-state index contributed by atoms with van der Waals surface area (Å²) in [6, 6.07) is 12.6. The number of esters is 1. The van der Waals surface area contributed by atoms with Crippen LogP contribution in [0.1, 0.15) is 57.4 Å². The van der Waals surface area contributed by atoms with Crippen molar-refractivity contribution in [2.45, 2.75) is 66.6 Å². The van der Waals surface area contributed by atoms with Crippen LogP contribution >= 0.6 is 0 Å². The number of aromatic nitrogens is 1. The van der Waals surface area contributed by atoms with E-state index < -0.39 is 0 Å². The fourth-order valence-electron chi connectivity index (χ4n) is 3.33. The second kappa shape index (κ2) is 10.8. The van der Waals surface area contributed by atoms with Gasteiger partial charge in [-0.05, 0) is 44.4 Å². The first kappa shape index (κ1) is 22.7. The lowest BCUT2D eigenvalue weighted by atomic mass is 10.0. The first-order chi connectivity index (χ1) is 13.8. The summed E-state index contributed by atoms with van der Waals surface area (Å²) in [4.78, 5) is 26.5. The number of benzene rings is 1. The maximum absolute atomic E-state index is 12.9. The van der Waals surface area contributed by atoms with Crippen LogP contribution in [0.15, 0.2) is 42.6 Å². The number of aryl methyl sites for hydroxylation is 1. The van der Waals surface area contributed by atoms with E-state index in [0.29, 0.717) is 19.1 Å². The minimum absolute atomic E-state index is 0.0115. The van der Waals surface area contributed by atoms with Crippen molar-refractivity contribution in [3.05, 3.63) is 59.4 Å². The summed E-state index contributed by atoms with van der Waals surface area (Å²) >= 11 is 0. The quantitative estimate of drug-likeness (QED) is 0.551. The van der Waals surface area contributed by atoms with Crippen molar-refractivity contribution < 1.29 is 14.3 Å². The molecule has 1 aromatic carbocycles. The van der Waals surface area contributed by atoms with Crippen molar-refractivity contribution in [3.63, 3.8) is 0 Å². The highest BCUT2D eigenvalue weighted by atomic mass is 16.5. The van der Waals surface area contributed by atoms with Gasteiger partial charge in [0.2, 0.25) is 5.91 Å². The van der Waals surface area contributed by atoms with Gasteiger partial charge < -0.3 is 14.2 Å². The maximum atomic E-state index is 12.9. The first-order valence-corrected chi connectivity index (χ1v) is 10.5. The number of rotatable bonds is 10. The number of carbonyl (C=O) groups excluding carboxylic acids is 2. The highest BCUT2D eigenvalue weighted by molar-refractivity contribution is 5.81. The monoisotopic (exact) mass is 398 g/mol. The van der Waals surface area contributed by atoms with Crippen LogP contribution in [0, 0.1) is 12.8 Å². The molecule has 2 rings (SSSR count). The minimum atomic E-state index is -0.319. The molecule has 5 heteroatoms. The first-order valence-electron chi connectivity index (χ1n) is 10.5. The van der Waals surface area contributed by atoms with E-state index in [1.165, 1.54) is 11.1 Å². The average molecular weight is 399 g/mol. The van der Waals surface area contributed by atoms with Gasteiger partial charge in [0, 0.05) is 30.9 Å². The third-order valence-electron chi connectivity index (χ3n) is 5.32. The van der Waals surface area contributed by atoms with Crippen molar-refractivity contribution in [3.8, 4) is 0 Å². The zero-order valence-electron chi connectivity index (χ0n) is 18.4. The van der Waals surface area contributed by atoms with Crippen LogP contribution in [0.3, 0.4) is 0 Å². The van der Waals surface area contributed by atoms with E-state index in [0.717, 1.165) is 12.2 Å². The Morgan fingerprint density at radius 3 is 2.52 bits per heavy atom. The van der Waals surface area contributed by atoms with Gasteiger partial charge in [0.25, 0.3) is 0 Å². The molecular weight excluding hydrogens is 364 g/mol. The highest BCUT2D eigenvalue weighted by Crippen LogP contribution is 2.18.